The van der Waals surface area contributed by atoms with Gasteiger partial charge in [-0.25, -0.2) is 18.2 Å². The fourth-order valence-electron chi connectivity index (χ4n) is 2.47. The second-order valence-corrected chi connectivity index (χ2v) is 7.32. The average molecular weight is 438 g/mol. The van der Waals surface area contributed by atoms with Gasteiger partial charge in [-0.15, -0.1) is 0 Å². The molecule has 1 atom stereocenters. The molecule has 0 spiro atoms. The lowest BCUT2D eigenvalue weighted by atomic mass is 10.1. The minimum Gasteiger partial charge on any atom is -0.389 e. The lowest BCUT2D eigenvalue weighted by Gasteiger charge is -2.18. The van der Waals surface area contributed by atoms with Crippen LogP contribution in [0.5, 0.6) is 0 Å². The quantitative estimate of drug-likeness (QED) is 0.473. The molecule has 0 aliphatic heterocycles. The van der Waals surface area contributed by atoms with E-state index in [9.17, 15) is 18.3 Å². The molecule has 3 aromatic rings. The highest BCUT2D eigenvalue weighted by Gasteiger charge is 2.16. The lowest BCUT2D eigenvalue weighted by Crippen LogP contribution is -2.30. The number of anilines is 3. The molecule has 2 heterocycles. The van der Waals surface area contributed by atoms with Crippen LogP contribution in [0.3, 0.4) is 0 Å². The molecule has 7 nitrogen and oxygen atoms in total. The van der Waals surface area contributed by atoms with E-state index in [2.05, 4.69) is 30.6 Å². The van der Waals surface area contributed by atoms with Crippen molar-refractivity contribution in [3.05, 3.63) is 53.7 Å². The minimum absolute atomic E-state index is 0. The van der Waals surface area contributed by atoms with Crippen molar-refractivity contribution in [2.45, 2.75) is 32.5 Å². The van der Waals surface area contributed by atoms with Crippen molar-refractivity contribution in [1.82, 2.24) is 19.9 Å². The van der Waals surface area contributed by atoms with E-state index in [4.69, 9.17) is 0 Å². The van der Waals surface area contributed by atoms with Gasteiger partial charge in [0.1, 0.15) is 23.5 Å². The van der Waals surface area contributed by atoms with Gasteiger partial charge in [0.2, 0.25) is 11.9 Å². The van der Waals surface area contributed by atoms with Crippen LogP contribution in [0.25, 0.3) is 11.5 Å². The van der Waals surface area contributed by atoms with Gasteiger partial charge in [-0.3, -0.25) is 4.70 Å². The Balaban J connectivity index is 0.00000341. The van der Waals surface area contributed by atoms with Gasteiger partial charge in [0.15, 0.2) is 5.82 Å². The summed E-state index contributed by atoms with van der Waals surface area (Å²) in [6.07, 6.45) is -1.28. The Hall–Kier alpha value is -3.34. The van der Waals surface area contributed by atoms with Crippen LogP contribution in [0.15, 0.2) is 36.4 Å². The predicted octanol–water partition coefficient (Wildman–Crippen LogP) is 4.32. The molecule has 0 radical (unpaired) electrons. The van der Waals surface area contributed by atoms with Gasteiger partial charge in [0, 0.05) is 18.3 Å². The van der Waals surface area contributed by atoms with Crippen molar-refractivity contribution < 1.29 is 23.0 Å². The van der Waals surface area contributed by atoms with E-state index in [1.807, 2.05) is 0 Å². The number of pyridine rings is 1. The van der Waals surface area contributed by atoms with E-state index in [1.54, 1.807) is 26.0 Å². The van der Waals surface area contributed by atoms with Crippen molar-refractivity contribution >= 4 is 17.6 Å². The van der Waals surface area contributed by atoms with Crippen molar-refractivity contribution in [3.63, 3.8) is 0 Å². The van der Waals surface area contributed by atoms with Crippen molar-refractivity contribution in [1.29, 1.82) is 0 Å². The van der Waals surface area contributed by atoms with Crippen molar-refractivity contribution in [2.24, 2.45) is 0 Å². The van der Waals surface area contributed by atoms with Gasteiger partial charge in [0.25, 0.3) is 0 Å². The fraction of sp³-hybridized carbons (Fsp3) is 0.300. The summed E-state index contributed by atoms with van der Waals surface area (Å²) in [5.74, 6) is -1.33. The van der Waals surface area contributed by atoms with Gasteiger partial charge >= 0.3 is 0 Å². The maximum atomic E-state index is 13.7. The summed E-state index contributed by atoms with van der Waals surface area (Å²) >= 11 is 0. The van der Waals surface area contributed by atoms with E-state index in [1.165, 1.54) is 13.0 Å². The van der Waals surface area contributed by atoms with Crippen LogP contribution in [0.2, 0.25) is 0 Å². The van der Waals surface area contributed by atoms with E-state index in [0.29, 0.717) is 5.69 Å². The van der Waals surface area contributed by atoms with Crippen LogP contribution < -0.4 is 10.6 Å². The summed E-state index contributed by atoms with van der Waals surface area (Å²) in [7, 11) is 0. The Morgan fingerprint density at radius 2 is 1.65 bits per heavy atom. The largest absolute Gasteiger partial charge is 0.389 e. The Morgan fingerprint density at radius 1 is 1.00 bits per heavy atom. The first-order valence-electron chi connectivity index (χ1n) is 9.16. The number of rotatable bonds is 7. The Bertz CT molecular complexity index is 1020. The molecular formula is C20H22F4N6O. The fourth-order valence-corrected chi connectivity index (χ4v) is 2.47. The van der Waals surface area contributed by atoms with Gasteiger partial charge in [0.05, 0.1) is 11.3 Å². The molecule has 0 aliphatic rings. The summed E-state index contributed by atoms with van der Waals surface area (Å²) in [6, 6.07) is 7.68. The van der Waals surface area contributed by atoms with E-state index in [0.717, 1.165) is 18.2 Å². The summed E-state index contributed by atoms with van der Waals surface area (Å²) in [6.45, 7) is 4.69. The van der Waals surface area contributed by atoms with E-state index < -0.39 is 23.4 Å². The smallest absolute Gasteiger partial charge is 0.232 e. The Morgan fingerprint density at radius 3 is 2.26 bits per heavy atom. The molecule has 0 saturated heterocycles. The zero-order valence-corrected chi connectivity index (χ0v) is 17.0. The second kappa shape index (κ2) is 9.65. The highest BCUT2D eigenvalue weighted by atomic mass is 19.1. The lowest BCUT2D eigenvalue weighted by molar-refractivity contribution is 0.0943. The summed E-state index contributed by atoms with van der Waals surface area (Å²) < 4.78 is 40.7. The summed E-state index contributed by atoms with van der Waals surface area (Å²) in [5.41, 5.74) is -0.453. The Kier molecular flexibility index (Phi) is 7.45. The zero-order chi connectivity index (χ0) is 21.9. The molecule has 0 aliphatic carbocycles. The first-order valence-corrected chi connectivity index (χ1v) is 9.16. The third kappa shape index (κ3) is 6.85. The summed E-state index contributed by atoms with van der Waals surface area (Å²) in [5, 5.41) is 15.5. The minimum atomic E-state index is -1.28. The SMILES string of the molecule is CC(F)c1cccc(-c2nc(NCC(C)(C)O)nc(Nc3cc(F)cc(F)c3)n2)n1.F. The number of aromatic nitrogens is 4. The molecule has 11 heteroatoms. The number of halogens is 4. The maximum absolute atomic E-state index is 13.7. The molecule has 166 valence electrons. The second-order valence-electron chi connectivity index (χ2n) is 7.32. The molecule has 1 aromatic carbocycles. The third-order valence-corrected chi connectivity index (χ3v) is 3.84. The monoisotopic (exact) mass is 438 g/mol. The molecule has 3 rings (SSSR count). The highest BCUT2D eigenvalue weighted by molar-refractivity contribution is 5.59. The van der Waals surface area contributed by atoms with Crippen LogP contribution in [0, 0.1) is 11.6 Å². The van der Waals surface area contributed by atoms with Crippen LogP contribution >= 0.6 is 0 Å². The van der Waals surface area contributed by atoms with Gasteiger partial charge in [-0.2, -0.15) is 15.0 Å². The first-order chi connectivity index (χ1) is 14.1. The summed E-state index contributed by atoms with van der Waals surface area (Å²) in [4.78, 5) is 16.9. The number of hydrogen-bond acceptors (Lipinski definition) is 7. The number of benzene rings is 1. The van der Waals surface area contributed by atoms with Crippen LogP contribution in [0.1, 0.15) is 32.6 Å². The van der Waals surface area contributed by atoms with E-state index >= 15 is 0 Å². The molecule has 31 heavy (non-hydrogen) atoms. The number of nitrogens with zero attached hydrogens (tertiary/aromatic N) is 4. The number of alkyl halides is 1. The van der Waals surface area contributed by atoms with Crippen molar-refractivity contribution in [3.8, 4) is 11.5 Å². The molecule has 0 saturated carbocycles. The Labute approximate surface area is 176 Å². The topological polar surface area (TPSA) is 95.9 Å². The van der Waals surface area contributed by atoms with Crippen LogP contribution in [0.4, 0.5) is 35.5 Å². The van der Waals surface area contributed by atoms with E-state index in [-0.39, 0.29) is 40.4 Å². The molecule has 0 bridgehead atoms. The predicted molar refractivity (Wildman–Crippen MR) is 110 cm³/mol. The normalized spacial score (nSPS) is 12.1. The van der Waals surface area contributed by atoms with Crippen LogP contribution in [-0.4, -0.2) is 37.2 Å². The molecule has 2 aromatic heterocycles. The molecule has 1 unspecified atom stereocenters. The average Bonchev–Trinajstić information content (AvgIpc) is 2.65. The first kappa shape index (κ1) is 23.9. The van der Waals surface area contributed by atoms with Gasteiger partial charge in [-0.1, -0.05) is 6.07 Å². The number of hydrogen-bond donors (Lipinski definition) is 3. The highest BCUT2D eigenvalue weighted by Crippen LogP contribution is 2.22. The number of nitrogens with one attached hydrogen (secondary N) is 2. The molecule has 0 fully saturated rings. The third-order valence-electron chi connectivity index (χ3n) is 3.84. The standard InChI is InChI=1S/C20H21F3N6O.FH/c1-11(21)15-5-4-6-16(26-15)17-27-18(24-10-20(2,3)30)29-19(28-17)25-14-8-12(22)7-13(23)9-14;/h4-9,11,30H,10H2,1-3H3,(H2,24,25,27,28,29);1H. The van der Waals surface area contributed by atoms with Crippen LogP contribution in [-0.2, 0) is 0 Å². The van der Waals surface area contributed by atoms with Gasteiger partial charge < -0.3 is 15.7 Å². The molecule has 3 N–H and O–H groups in total. The molecule has 0 amide bonds. The number of aliphatic hydroxyl groups is 1. The zero-order valence-electron chi connectivity index (χ0n) is 17.0. The van der Waals surface area contributed by atoms with Crippen molar-refractivity contribution in [2.75, 3.05) is 17.2 Å². The maximum Gasteiger partial charge on any atom is 0.232 e. The molecular weight excluding hydrogens is 416 g/mol. The van der Waals surface area contributed by atoms with Gasteiger partial charge in [-0.05, 0) is 45.0 Å².